The topological polar surface area (TPSA) is 114 Å². The molecule has 0 fully saturated rings. The van der Waals surface area contributed by atoms with E-state index in [1.54, 1.807) is 35.2 Å². The van der Waals surface area contributed by atoms with Crippen LogP contribution in [0.5, 0.6) is 0 Å². The van der Waals surface area contributed by atoms with Crippen LogP contribution in [0.4, 0.5) is 0 Å². The summed E-state index contributed by atoms with van der Waals surface area (Å²) in [4.78, 5) is 23.5. The van der Waals surface area contributed by atoms with Crippen molar-refractivity contribution < 1.29 is 14.0 Å². The Labute approximate surface area is 149 Å². The van der Waals surface area contributed by atoms with Crippen molar-refractivity contribution in [2.75, 3.05) is 0 Å². The molecule has 0 saturated heterocycles. The zero-order valence-electron chi connectivity index (χ0n) is 13.8. The van der Waals surface area contributed by atoms with Gasteiger partial charge < -0.3 is 20.0 Å². The van der Waals surface area contributed by atoms with Crippen molar-refractivity contribution in [1.29, 1.82) is 5.26 Å². The highest BCUT2D eigenvalue weighted by Crippen LogP contribution is 2.23. The molecular formula is C19H16N4O3. The molecule has 0 saturated carbocycles. The zero-order chi connectivity index (χ0) is 18.5. The Bertz CT molecular complexity index is 1020. The van der Waals surface area contributed by atoms with E-state index >= 15 is 0 Å². The smallest absolute Gasteiger partial charge is 0.259 e. The highest BCUT2D eigenvalue weighted by molar-refractivity contribution is 6.03. The highest BCUT2D eigenvalue weighted by atomic mass is 16.3. The van der Waals surface area contributed by atoms with Gasteiger partial charge >= 0.3 is 0 Å². The number of nitrogens with one attached hydrogen (secondary N) is 1. The summed E-state index contributed by atoms with van der Waals surface area (Å²) in [6, 6.07) is 12.7. The van der Waals surface area contributed by atoms with Crippen LogP contribution in [0.15, 0.2) is 58.8 Å². The summed E-state index contributed by atoms with van der Waals surface area (Å²) in [5.41, 5.74) is 6.52. The van der Waals surface area contributed by atoms with Gasteiger partial charge in [0.15, 0.2) is 0 Å². The lowest BCUT2D eigenvalue weighted by Gasteiger charge is -2.06. The van der Waals surface area contributed by atoms with Gasteiger partial charge in [-0.05, 0) is 24.3 Å². The van der Waals surface area contributed by atoms with Gasteiger partial charge in [-0.1, -0.05) is 18.2 Å². The molecule has 26 heavy (non-hydrogen) atoms. The number of rotatable bonds is 6. The lowest BCUT2D eigenvalue weighted by Crippen LogP contribution is -2.26. The Balaban J connectivity index is 1.86. The molecule has 3 aromatic rings. The summed E-state index contributed by atoms with van der Waals surface area (Å²) < 4.78 is 6.94. The van der Waals surface area contributed by atoms with Crippen molar-refractivity contribution in [3.05, 3.63) is 65.8 Å². The van der Waals surface area contributed by atoms with E-state index in [4.69, 9.17) is 15.4 Å². The van der Waals surface area contributed by atoms with E-state index in [0.717, 1.165) is 10.9 Å². The predicted octanol–water partition coefficient (Wildman–Crippen LogP) is 1.94. The number of benzene rings is 1. The first-order valence-corrected chi connectivity index (χ1v) is 7.87. The fourth-order valence-corrected chi connectivity index (χ4v) is 2.64. The maximum atomic E-state index is 12.2. The third-order valence-corrected chi connectivity index (χ3v) is 3.86. The minimum atomic E-state index is -0.791. The van der Waals surface area contributed by atoms with E-state index in [0.29, 0.717) is 17.9 Å². The first-order chi connectivity index (χ1) is 12.6. The molecule has 130 valence electrons. The number of hydrogen-bond donors (Lipinski definition) is 2. The van der Waals surface area contributed by atoms with Gasteiger partial charge in [-0.3, -0.25) is 9.59 Å². The van der Waals surface area contributed by atoms with Crippen LogP contribution in [-0.4, -0.2) is 16.4 Å². The first-order valence-electron chi connectivity index (χ1n) is 7.87. The van der Waals surface area contributed by atoms with Gasteiger partial charge in [0.1, 0.15) is 23.9 Å². The Hall–Kier alpha value is -3.79. The summed E-state index contributed by atoms with van der Waals surface area (Å²) in [5.74, 6) is -0.312. The maximum Gasteiger partial charge on any atom is 0.259 e. The number of furan rings is 1. The zero-order valence-corrected chi connectivity index (χ0v) is 13.8. The molecule has 1 aromatic carbocycles. The van der Waals surface area contributed by atoms with Gasteiger partial charge in [0.2, 0.25) is 5.91 Å². The van der Waals surface area contributed by atoms with Crippen LogP contribution < -0.4 is 11.1 Å². The Kier molecular flexibility index (Phi) is 4.85. The average molecular weight is 348 g/mol. The van der Waals surface area contributed by atoms with Gasteiger partial charge in [0.05, 0.1) is 12.8 Å². The number of amides is 2. The van der Waals surface area contributed by atoms with Gasteiger partial charge in [-0.25, -0.2) is 0 Å². The summed E-state index contributed by atoms with van der Waals surface area (Å²) in [7, 11) is 0. The molecule has 0 atom stereocenters. The number of hydrogen-bond acceptors (Lipinski definition) is 4. The lowest BCUT2D eigenvalue weighted by molar-refractivity contribution is -0.121. The number of nitrogens with two attached hydrogens (primary N) is 1. The molecule has 0 bridgehead atoms. The average Bonchev–Trinajstić information content (AvgIpc) is 3.26. The molecule has 2 heterocycles. The van der Waals surface area contributed by atoms with Gasteiger partial charge in [0, 0.05) is 22.7 Å². The van der Waals surface area contributed by atoms with Crippen LogP contribution in [-0.2, 0) is 22.7 Å². The van der Waals surface area contributed by atoms with E-state index in [2.05, 4.69) is 5.32 Å². The number of primary amides is 1. The van der Waals surface area contributed by atoms with Crippen LogP contribution >= 0.6 is 0 Å². The number of fused-ring (bicyclic) bond motifs is 1. The maximum absolute atomic E-state index is 12.2. The van der Waals surface area contributed by atoms with Crippen LogP contribution in [0, 0.1) is 11.3 Å². The molecule has 0 unspecified atom stereocenters. The largest absolute Gasteiger partial charge is 0.467 e. The molecule has 0 aliphatic heterocycles. The third-order valence-electron chi connectivity index (χ3n) is 3.86. The van der Waals surface area contributed by atoms with E-state index in [1.807, 2.05) is 24.3 Å². The summed E-state index contributed by atoms with van der Waals surface area (Å²) in [5, 5.41) is 12.6. The second-order valence-corrected chi connectivity index (χ2v) is 5.62. The number of aromatic nitrogens is 1. The number of carbonyl (C=O) groups excluding carboxylic acids is 2. The lowest BCUT2D eigenvalue weighted by atomic mass is 10.1. The van der Waals surface area contributed by atoms with Crippen LogP contribution in [0.1, 0.15) is 11.3 Å². The van der Waals surface area contributed by atoms with Crippen molar-refractivity contribution >= 4 is 28.8 Å². The fraction of sp³-hybridized carbons (Fsp3) is 0.105. The minimum absolute atomic E-state index is 0.0908. The third kappa shape index (κ3) is 3.65. The van der Waals surface area contributed by atoms with Crippen molar-refractivity contribution in [3.63, 3.8) is 0 Å². The Morgan fingerprint density at radius 1 is 1.27 bits per heavy atom. The minimum Gasteiger partial charge on any atom is -0.467 e. The fourth-order valence-electron chi connectivity index (χ4n) is 2.64. The molecule has 0 aliphatic rings. The van der Waals surface area contributed by atoms with Crippen molar-refractivity contribution in [1.82, 2.24) is 9.88 Å². The highest BCUT2D eigenvalue weighted by Gasteiger charge is 2.12. The Morgan fingerprint density at radius 3 is 2.77 bits per heavy atom. The Morgan fingerprint density at radius 2 is 2.08 bits per heavy atom. The molecule has 0 aliphatic carbocycles. The molecule has 7 nitrogen and oxygen atoms in total. The van der Waals surface area contributed by atoms with Crippen LogP contribution in [0.25, 0.3) is 17.0 Å². The van der Waals surface area contributed by atoms with E-state index in [1.165, 1.54) is 6.08 Å². The molecule has 7 heteroatoms. The van der Waals surface area contributed by atoms with Gasteiger partial charge in [-0.15, -0.1) is 0 Å². The monoisotopic (exact) mass is 348 g/mol. The molecule has 3 rings (SSSR count). The number of carbonyl (C=O) groups is 2. The van der Waals surface area contributed by atoms with Gasteiger partial charge in [-0.2, -0.15) is 5.26 Å². The summed E-state index contributed by atoms with van der Waals surface area (Å²) in [6.45, 7) is 0.394. The van der Waals surface area contributed by atoms with Crippen molar-refractivity contribution in [2.45, 2.75) is 13.1 Å². The standard InChI is InChI=1S/C19H16N4O3/c20-9-13(19(21)25)8-14-11-23(17-6-2-1-5-16(14)17)12-18(24)22-10-15-4-3-7-26-15/h1-8,11H,10,12H2,(H2,21,25)(H,22,24). The second-order valence-electron chi connectivity index (χ2n) is 5.62. The van der Waals surface area contributed by atoms with E-state index in [-0.39, 0.29) is 18.0 Å². The SMILES string of the molecule is N#CC(=Cc1cn(CC(=O)NCc2ccco2)c2ccccc12)C(N)=O. The van der Waals surface area contributed by atoms with Crippen molar-refractivity contribution in [2.24, 2.45) is 5.73 Å². The molecular weight excluding hydrogens is 332 g/mol. The van der Waals surface area contributed by atoms with Crippen LogP contribution in [0.2, 0.25) is 0 Å². The van der Waals surface area contributed by atoms with E-state index < -0.39 is 5.91 Å². The second kappa shape index (κ2) is 7.40. The summed E-state index contributed by atoms with van der Waals surface area (Å²) >= 11 is 0. The number of nitriles is 1. The predicted molar refractivity (Wildman–Crippen MR) is 95.3 cm³/mol. The summed E-state index contributed by atoms with van der Waals surface area (Å²) in [6.07, 6.45) is 4.70. The van der Waals surface area contributed by atoms with Gasteiger partial charge in [0.25, 0.3) is 5.91 Å². The molecule has 0 spiro atoms. The van der Waals surface area contributed by atoms with Crippen LogP contribution in [0.3, 0.4) is 0 Å². The molecule has 3 N–H and O–H groups in total. The van der Waals surface area contributed by atoms with Crippen molar-refractivity contribution in [3.8, 4) is 6.07 Å². The normalized spacial score (nSPS) is 11.3. The van der Waals surface area contributed by atoms with E-state index in [9.17, 15) is 9.59 Å². The number of nitrogens with zero attached hydrogens (tertiary/aromatic N) is 2. The first kappa shape index (κ1) is 17.0. The quantitative estimate of drug-likeness (QED) is 0.523. The number of para-hydroxylation sites is 1. The molecule has 0 radical (unpaired) electrons. The molecule has 2 amide bonds. The molecule has 2 aromatic heterocycles.